The van der Waals surface area contributed by atoms with Gasteiger partial charge in [-0.15, -0.1) is 0 Å². The molecule has 1 aromatic carbocycles. The first-order valence-corrected chi connectivity index (χ1v) is 13.8. The van der Waals surface area contributed by atoms with Gasteiger partial charge in [0.25, 0.3) is 0 Å². The van der Waals surface area contributed by atoms with Crippen LogP contribution in [-0.4, -0.2) is 18.6 Å². The van der Waals surface area contributed by atoms with Gasteiger partial charge in [-0.3, -0.25) is 0 Å². The van der Waals surface area contributed by atoms with Gasteiger partial charge in [-0.1, -0.05) is 107 Å². The van der Waals surface area contributed by atoms with Crippen molar-refractivity contribution >= 4 is 12.0 Å². The van der Waals surface area contributed by atoms with Crippen LogP contribution in [0.15, 0.2) is 53.8 Å². The Morgan fingerprint density at radius 1 is 0.857 bits per heavy atom. The first-order valence-electron chi connectivity index (χ1n) is 13.8. The fourth-order valence-electron chi connectivity index (χ4n) is 4.45. The fraction of sp³-hybridized carbons (Fsp3) is 0.600. The third-order valence-corrected chi connectivity index (χ3v) is 6.51. The lowest BCUT2D eigenvalue weighted by atomic mass is 9.96. The number of hydrogen-bond donors (Lipinski definition) is 2. The van der Waals surface area contributed by atoms with Gasteiger partial charge in [0, 0.05) is 5.70 Å². The van der Waals surface area contributed by atoms with Gasteiger partial charge >= 0.3 is 12.0 Å². The van der Waals surface area contributed by atoms with Crippen LogP contribution in [0.5, 0.6) is 0 Å². The van der Waals surface area contributed by atoms with E-state index in [9.17, 15) is 9.59 Å². The summed E-state index contributed by atoms with van der Waals surface area (Å²) in [6.45, 7) is 4.42. The molecular formula is C30H46N2O3. The quantitative estimate of drug-likeness (QED) is 0.127. The Labute approximate surface area is 212 Å². The highest BCUT2D eigenvalue weighted by atomic mass is 16.5. The van der Waals surface area contributed by atoms with Crippen LogP contribution >= 0.6 is 0 Å². The molecule has 2 N–H and O–H groups in total. The Bertz CT molecular complexity index is 801. The molecule has 2 amide bonds. The maximum atomic E-state index is 12.8. The van der Waals surface area contributed by atoms with Crippen LogP contribution in [0.4, 0.5) is 4.79 Å². The molecular weight excluding hydrogens is 436 g/mol. The number of nitrogens with one attached hydrogen (secondary N) is 2. The molecule has 5 nitrogen and oxygen atoms in total. The molecule has 0 saturated carbocycles. The van der Waals surface area contributed by atoms with Crippen molar-refractivity contribution in [1.82, 2.24) is 10.6 Å². The molecule has 0 fully saturated rings. The predicted octanol–water partition coefficient (Wildman–Crippen LogP) is 7.90. The molecule has 1 aliphatic heterocycles. The van der Waals surface area contributed by atoms with E-state index in [-0.39, 0.29) is 12.0 Å². The van der Waals surface area contributed by atoms with E-state index in [0.717, 1.165) is 18.4 Å². The van der Waals surface area contributed by atoms with Gasteiger partial charge in [-0.25, -0.2) is 9.59 Å². The first-order chi connectivity index (χ1) is 17.1. The van der Waals surface area contributed by atoms with Crippen LogP contribution in [0.3, 0.4) is 0 Å². The van der Waals surface area contributed by atoms with Gasteiger partial charge in [-0.05, 0) is 44.6 Å². The maximum absolute atomic E-state index is 12.8. The number of urea groups is 1. The van der Waals surface area contributed by atoms with E-state index in [2.05, 4.69) is 29.7 Å². The summed E-state index contributed by atoms with van der Waals surface area (Å²) in [6.07, 6.45) is 22.2. The van der Waals surface area contributed by atoms with Crippen molar-refractivity contribution in [2.45, 2.75) is 110 Å². The Hall–Kier alpha value is -2.56. The predicted molar refractivity (Wildman–Crippen MR) is 144 cm³/mol. The number of allylic oxidation sites excluding steroid dienone is 3. The van der Waals surface area contributed by atoms with E-state index >= 15 is 0 Å². The van der Waals surface area contributed by atoms with Crippen molar-refractivity contribution in [1.29, 1.82) is 0 Å². The van der Waals surface area contributed by atoms with Gasteiger partial charge in [0.05, 0.1) is 18.2 Å². The third-order valence-electron chi connectivity index (χ3n) is 6.51. The monoisotopic (exact) mass is 482 g/mol. The SMILES string of the molecule is CCCCCCCC/C=C\CCCCCCCCOC(=O)C1=C(C)NC(=O)NC1c1ccccc1. The molecule has 0 radical (unpaired) electrons. The number of carbonyl (C=O) groups excluding carboxylic acids is 2. The number of esters is 1. The Kier molecular flexibility index (Phi) is 14.6. The molecule has 1 aliphatic rings. The number of benzene rings is 1. The number of rotatable bonds is 18. The maximum Gasteiger partial charge on any atom is 0.338 e. The number of amides is 2. The smallest absolute Gasteiger partial charge is 0.338 e. The van der Waals surface area contributed by atoms with Crippen molar-refractivity contribution in [3.05, 3.63) is 59.3 Å². The van der Waals surface area contributed by atoms with Gasteiger partial charge in [0.1, 0.15) is 0 Å². The van der Waals surface area contributed by atoms with Crippen LogP contribution in [0.1, 0.15) is 115 Å². The first kappa shape index (κ1) is 28.7. The molecule has 0 aliphatic carbocycles. The van der Waals surface area contributed by atoms with Crippen LogP contribution in [0.25, 0.3) is 0 Å². The summed E-state index contributed by atoms with van der Waals surface area (Å²) in [7, 11) is 0. The summed E-state index contributed by atoms with van der Waals surface area (Å²) < 4.78 is 5.56. The zero-order chi connectivity index (χ0) is 25.1. The van der Waals surface area contributed by atoms with Crippen molar-refractivity contribution in [3.8, 4) is 0 Å². The summed E-state index contributed by atoms with van der Waals surface area (Å²) in [5.41, 5.74) is 1.89. The van der Waals surface area contributed by atoms with E-state index < -0.39 is 6.04 Å². The van der Waals surface area contributed by atoms with Gasteiger partial charge < -0.3 is 15.4 Å². The average Bonchev–Trinajstić information content (AvgIpc) is 2.86. The van der Waals surface area contributed by atoms with Crippen LogP contribution in [0, 0.1) is 0 Å². The van der Waals surface area contributed by atoms with Crippen molar-refractivity contribution in [2.75, 3.05) is 6.61 Å². The lowest BCUT2D eigenvalue weighted by Gasteiger charge is -2.28. The molecule has 0 saturated heterocycles. The highest BCUT2D eigenvalue weighted by Crippen LogP contribution is 2.27. The third kappa shape index (κ3) is 11.6. The second-order valence-electron chi connectivity index (χ2n) is 9.55. The number of carbonyl (C=O) groups is 2. The van der Waals surface area contributed by atoms with E-state index in [1.54, 1.807) is 6.92 Å². The zero-order valence-electron chi connectivity index (χ0n) is 22.0. The second-order valence-corrected chi connectivity index (χ2v) is 9.55. The number of unbranched alkanes of at least 4 members (excludes halogenated alkanes) is 12. The molecule has 1 aromatic rings. The summed E-state index contributed by atoms with van der Waals surface area (Å²) in [6, 6.07) is 8.72. The molecule has 0 bridgehead atoms. The number of ether oxygens (including phenoxy) is 1. The van der Waals surface area contributed by atoms with E-state index in [1.165, 1.54) is 77.0 Å². The highest BCUT2D eigenvalue weighted by molar-refractivity contribution is 5.95. The Morgan fingerprint density at radius 2 is 1.43 bits per heavy atom. The average molecular weight is 483 g/mol. The summed E-state index contributed by atoms with van der Waals surface area (Å²) in [4.78, 5) is 24.7. The minimum atomic E-state index is -0.489. The summed E-state index contributed by atoms with van der Waals surface area (Å²) in [5.74, 6) is -0.364. The fourth-order valence-corrected chi connectivity index (χ4v) is 4.45. The topological polar surface area (TPSA) is 67.4 Å². The van der Waals surface area contributed by atoms with Crippen molar-refractivity contribution in [2.24, 2.45) is 0 Å². The van der Waals surface area contributed by atoms with Crippen LogP contribution in [-0.2, 0) is 9.53 Å². The lowest BCUT2D eigenvalue weighted by molar-refractivity contribution is -0.139. The molecule has 5 heteroatoms. The minimum absolute atomic E-state index is 0.304. The highest BCUT2D eigenvalue weighted by Gasteiger charge is 2.31. The summed E-state index contributed by atoms with van der Waals surface area (Å²) >= 11 is 0. The van der Waals surface area contributed by atoms with Crippen LogP contribution < -0.4 is 10.6 Å². The van der Waals surface area contributed by atoms with Gasteiger partial charge in [0.15, 0.2) is 0 Å². The molecule has 35 heavy (non-hydrogen) atoms. The van der Waals surface area contributed by atoms with Gasteiger partial charge in [0.2, 0.25) is 0 Å². The van der Waals surface area contributed by atoms with Gasteiger partial charge in [-0.2, -0.15) is 0 Å². The molecule has 2 rings (SSSR count). The second kappa shape index (κ2) is 17.8. The largest absolute Gasteiger partial charge is 0.462 e. The summed E-state index contributed by atoms with van der Waals surface area (Å²) in [5, 5.41) is 5.53. The Morgan fingerprint density at radius 3 is 2.06 bits per heavy atom. The standard InChI is InChI=1S/C30H46N2O3/c1-3-4-5-6-7-8-9-10-11-12-13-14-15-16-17-21-24-35-29(33)27-25(2)31-30(34)32-28(27)26-22-19-18-20-23-26/h10-11,18-20,22-23,28H,3-9,12-17,21,24H2,1-2H3,(H2,31,32,34)/b11-10-. The normalized spacial score (nSPS) is 15.8. The van der Waals surface area contributed by atoms with E-state index in [4.69, 9.17) is 4.74 Å². The molecule has 1 unspecified atom stereocenters. The lowest BCUT2D eigenvalue weighted by Crippen LogP contribution is -2.45. The van der Waals surface area contributed by atoms with E-state index in [0.29, 0.717) is 17.9 Å². The van der Waals surface area contributed by atoms with Crippen LogP contribution in [0.2, 0.25) is 0 Å². The van der Waals surface area contributed by atoms with E-state index in [1.807, 2.05) is 30.3 Å². The molecule has 0 aromatic heterocycles. The number of hydrogen-bond acceptors (Lipinski definition) is 3. The zero-order valence-corrected chi connectivity index (χ0v) is 22.0. The van der Waals surface area contributed by atoms with Crippen molar-refractivity contribution < 1.29 is 14.3 Å². The molecule has 1 atom stereocenters. The molecule has 194 valence electrons. The Balaban J connectivity index is 1.53. The molecule has 0 spiro atoms. The minimum Gasteiger partial charge on any atom is -0.462 e. The molecule has 1 heterocycles. The van der Waals surface area contributed by atoms with Crippen molar-refractivity contribution in [3.63, 3.8) is 0 Å².